The molecule has 0 fully saturated rings. The van der Waals surface area contributed by atoms with E-state index >= 15 is 0 Å². The van der Waals surface area contributed by atoms with E-state index in [2.05, 4.69) is 13.8 Å². The molecular formula is C13H16O2. The number of hydrogen-bond acceptors (Lipinski definition) is 2. The Labute approximate surface area is 90.3 Å². The molecule has 0 radical (unpaired) electrons. The zero-order chi connectivity index (χ0) is 11.3. The van der Waals surface area contributed by atoms with Crippen molar-refractivity contribution in [1.82, 2.24) is 0 Å². The summed E-state index contributed by atoms with van der Waals surface area (Å²) in [6.07, 6.45) is 2.36. The highest BCUT2D eigenvalue weighted by Crippen LogP contribution is 2.14. The van der Waals surface area contributed by atoms with Crippen LogP contribution in [0.15, 0.2) is 24.3 Å². The number of carbonyl (C=O) groups excluding carboxylic acids is 2. The molecule has 0 bridgehead atoms. The third-order valence-corrected chi connectivity index (χ3v) is 2.30. The number of rotatable bonds is 5. The molecule has 0 amide bonds. The molecule has 80 valence electrons. The van der Waals surface area contributed by atoms with Crippen LogP contribution >= 0.6 is 0 Å². The lowest BCUT2D eigenvalue weighted by molar-refractivity contribution is -0.116. The van der Waals surface area contributed by atoms with Crippen molar-refractivity contribution in [3.63, 3.8) is 0 Å². The van der Waals surface area contributed by atoms with E-state index in [1.165, 1.54) is 5.56 Å². The minimum atomic E-state index is -0.613. The van der Waals surface area contributed by atoms with Crippen molar-refractivity contribution in [3.05, 3.63) is 35.4 Å². The van der Waals surface area contributed by atoms with Gasteiger partial charge in [0.1, 0.15) is 12.6 Å². The van der Waals surface area contributed by atoms with Gasteiger partial charge < -0.3 is 9.59 Å². The first-order chi connectivity index (χ1) is 7.17. The summed E-state index contributed by atoms with van der Waals surface area (Å²) in [5.41, 5.74) is 2.01. The van der Waals surface area contributed by atoms with E-state index < -0.39 is 5.92 Å². The first-order valence-corrected chi connectivity index (χ1v) is 5.16. The maximum Gasteiger partial charge on any atom is 0.134 e. The Kier molecular flexibility index (Phi) is 4.22. The summed E-state index contributed by atoms with van der Waals surface area (Å²) in [7, 11) is 0. The van der Waals surface area contributed by atoms with Gasteiger partial charge in [0, 0.05) is 0 Å². The molecule has 1 aromatic rings. The summed E-state index contributed by atoms with van der Waals surface area (Å²) < 4.78 is 0. The summed E-state index contributed by atoms with van der Waals surface area (Å²) in [5, 5.41) is 0. The molecule has 0 aliphatic heterocycles. The lowest BCUT2D eigenvalue weighted by Gasteiger charge is -2.07. The third kappa shape index (κ3) is 3.31. The predicted octanol–water partition coefficient (Wildman–Crippen LogP) is 2.37. The molecule has 2 nitrogen and oxygen atoms in total. The van der Waals surface area contributed by atoms with Crippen molar-refractivity contribution in [2.45, 2.75) is 26.2 Å². The van der Waals surface area contributed by atoms with Gasteiger partial charge in [-0.1, -0.05) is 38.1 Å². The maximum atomic E-state index is 10.6. The van der Waals surface area contributed by atoms with Crippen molar-refractivity contribution < 1.29 is 9.59 Å². The Bertz CT molecular complexity index is 317. The second-order valence-electron chi connectivity index (χ2n) is 4.14. The first kappa shape index (κ1) is 11.6. The molecule has 1 aromatic carbocycles. The zero-order valence-corrected chi connectivity index (χ0v) is 9.14. The van der Waals surface area contributed by atoms with Gasteiger partial charge in [0.15, 0.2) is 0 Å². The van der Waals surface area contributed by atoms with Crippen molar-refractivity contribution in [2.24, 2.45) is 5.92 Å². The van der Waals surface area contributed by atoms with Gasteiger partial charge in [-0.25, -0.2) is 0 Å². The fourth-order valence-electron chi connectivity index (χ4n) is 1.54. The number of aldehydes is 2. The third-order valence-electron chi connectivity index (χ3n) is 2.30. The van der Waals surface area contributed by atoms with Gasteiger partial charge in [0.05, 0.1) is 5.92 Å². The average molecular weight is 204 g/mol. The van der Waals surface area contributed by atoms with Gasteiger partial charge in [-0.3, -0.25) is 0 Å². The number of benzene rings is 1. The van der Waals surface area contributed by atoms with Crippen LogP contribution in [0.3, 0.4) is 0 Å². The summed E-state index contributed by atoms with van der Waals surface area (Å²) in [5.74, 6) is 0.00175. The standard InChI is InChI=1S/C13H16O2/c1-10(2)7-11-3-5-12(6-4-11)13(8-14)9-15/h3-6,8-10,13H,7H2,1-2H3. The van der Waals surface area contributed by atoms with Crippen LogP contribution in [0.25, 0.3) is 0 Å². The molecule has 0 N–H and O–H groups in total. The largest absolute Gasteiger partial charge is 0.302 e. The van der Waals surface area contributed by atoms with Gasteiger partial charge in [-0.05, 0) is 23.5 Å². The van der Waals surface area contributed by atoms with Crippen LogP contribution in [0.2, 0.25) is 0 Å². The van der Waals surface area contributed by atoms with Crippen LogP contribution in [0.1, 0.15) is 30.9 Å². The SMILES string of the molecule is CC(C)Cc1ccc(C(C=O)C=O)cc1. The van der Waals surface area contributed by atoms with Gasteiger partial charge in [0.25, 0.3) is 0 Å². The quantitative estimate of drug-likeness (QED) is 0.545. The Morgan fingerprint density at radius 1 is 1.07 bits per heavy atom. The smallest absolute Gasteiger partial charge is 0.134 e. The predicted molar refractivity (Wildman–Crippen MR) is 59.9 cm³/mol. The van der Waals surface area contributed by atoms with E-state index in [0.29, 0.717) is 18.5 Å². The second kappa shape index (κ2) is 5.44. The van der Waals surface area contributed by atoms with Gasteiger partial charge in [-0.2, -0.15) is 0 Å². The van der Waals surface area contributed by atoms with E-state index in [1.807, 2.05) is 24.3 Å². The van der Waals surface area contributed by atoms with Crippen LogP contribution in [-0.4, -0.2) is 12.6 Å². The van der Waals surface area contributed by atoms with E-state index in [0.717, 1.165) is 12.0 Å². The number of hydrogen-bond donors (Lipinski definition) is 0. The lowest BCUT2D eigenvalue weighted by Crippen LogP contribution is -2.02. The zero-order valence-electron chi connectivity index (χ0n) is 9.14. The monoisotopic (exact) mass is 204 g/mol. The van der Waals surface area contributed by atoms with Crippen molar-refractivity contribution in [2.75, 3.05) is 0 Å². The van der Waals surface area contributed by atoms with Crippen LogP contribution in [-0.2, 0) is 16.0 Å². The maximum absolute atomic E-state index is 10.6. The molecule has 0 saturated heterocycles. The lowest BCUT2D eigenvalue weighted by atomic mass is 9.97. The minimum Gasteiger partial charge on any atom is -0.302 e. The van der Waals surface area contributed by atoms with E-state index in [4.69, 9.17) is 0 Å². The van der Waals surface area contributed by atoms with Crippen molar-refractivity contribution in [3.8, 4) is 0 Å². The van der Waals surface area contributed by atoms with Crippen LogP contribution in [0, 0.1) is 5.92 Å². The highest BCUT2D eigenvalue weighted by molar-refractivity contribution is 5.84. The molecule has 0 atom stereocenters. The van der Waals surface area contributed by atoms with Crippen LogP contribution < -0.4 is 0 Å². The van der Waals surface area contributed by atoms with Gasteiger partial charge in [-0.15, -0.1) is 0 Å². The number of carbonyl (C=O) groups is 2. The van der Waals surface area contributed by atoms with Gasteiger partial charge in [0.2, 0.25) is 0 Å². The molecule has 2 heteroatoms. The molecule has 1 rings (SSSR count). The molecule has 0 heterocycles. The molecule has 0 spiro atoms. The molecule has 0 saturated carbocycles. The van der Waals surface area contributed by atoms with E-state index in [1.54, 1.807) is 0 Å². The second-order valence-corrected chi connectivity index (χ2v) is 4.14. The molecule has 0 unspecified atom stereocenters. The Hall–Kier alpha value is -1.44. The van der Waals surface area contributed by atoms with Crippen LogP contribution in [0.5, 0.6) is 0 Å². The summed E-state index contributed by atoms with van der Waals surface area (Å²) in [4.78, 5) is 21.1. The van der Waals surface area contributed by atoms with E-state index in [9.17, 15) is 9.59 Å². The van der Waals surface area contributed by atoms with Crippen LogP contribution in [0.4, 0.5) is 0 Å². The molecule has 0 aliphatic carbocycles. The van der Waals surface area contributed by atoms with E-state index in [-0.39, 0.29) is 0 Å². The van der Waals surface area contributed by atoms with Crippen molar-refractivity contribution in [1.29, 1.82) is 0 Å². The van der Waals surface area contributed by atoms with Crippen molar-refractivity contribution >= 4 is 12.6 Å². The fraction of sp³-hybridized carbons (Fsp3) is 0.385. The highest BCUT2D eigenvalue weighted by Gasteiger charge is 2.08. The normalized spacial score (nSPS) is 10.7. The molecule has 15 heavy (non-hydrogen) atoms. The summed E-state index contributed by atoms with van der Waals surface area (Å²) in [6.45, 7) is 4.32. The average Bonchev–Trinajstić information content (AvgIpc) is 2.21. The Morgan fingerprint density at radius 2 is 1.60 bits per heavy atom. The molecule has 0 aliphatic rings. The highest BCUT2D eigenvalue weighted by atomic mass is 16.1. The fourth-order valence-corrected chi connectivity index (χ4v) is 1.54. The topological polar surface area (TPSA) is 34.1 Å². The van der Waals surface area contributed by atoms with Gasteiger partial charge >= 0.3 is 0 Å². The molecular weight excluding hydrogens is 188 g/mol. The summed E-state index contributed by atoms with van der Waals surface area (Å²) in [6, 6.07) is 7.67. The minimum absolute atomic E-state index is 0.613. The summed E-state index contributed by atoms with van der Waals surface area (Å²) >= 11 is 0. The Balaban J connectivity index is 2.79. The first-order valence-electron chi connectivity index (χ1n) is 5.16. The Morgan fingerprint density at radius 3 is 2.00 bits per heavy atom. The molecule has 0 aromatic heterocycles.